The van der Waals surface area contributed by atoms with Gasteiger partial charge in [0.15, 0.2) is 0 Å². The zero-order valence-corrected chi connectivity index (χ0v) is 12.4. The van der Waals surface area contributed by atoms with Crippen molar-refractivity contribution in [1.29, 1.82) is 0 Å². The molecule has 0 aliphatic carbocycles. The first kappa shape index (κ1) is 14.1. The van der Waals surface area contributed by atoms with E-state index >= 15 is 0 Å². The number of hydrogen-bond donors (Lipinski definition) is 1. The zero-order valence-electron chi connectivity index (χ0n) is 12.4. The molecule has 6 heteroatoms. The first-order valence-electron chi connectivity index (χ1n) is 6.92. The number of nitrogens with one attached hydrogen (secondary N) is 1. The number of amides is 1. The van der Waals surface area contributed by atoms with Gasteiger partial charge in [0.25, 0.3) is 5.91 Å². The van der Waals surface area contributed by atoms with Crippen LogP contribution in [0.1, 0.15) is 27.4 Å². The van der Waals surface area contributed by atoms with E-state index in [2.05, 4.69) is 15.3 Å². The Morgan fingerprint density at radius 1 is 1.36 bits per heavy atom. The van der Waals surface area contributed by atoms with Crippen LogP contribution in [0.25, 0.3) is 5.82 Å². The molecule has 0 atom stereocenters. The number of imidazole rings is 1. The predicted octanol–water partition coefficient (Wildman–Crippen LogP) is 2.41. The van der Waals surface area contributed by atoms with Crippen LogP contribution in [0.15, 0.2) is 47.5 Å². The number of furan rings is 1. The molecule has 3 aromatic heterocycles. The number of aromatic nitrogens is 3. The van der Waals surface area contributed by atoms with Crippen LogP contribution in [-0.2, 0) is 6.54 Å². The fourth-order valence-corrected chi connectivity index (χ4v) is 2.31. The average Bonchev–Trinajstić information content (AvgIpc) is 3.15. The Morgan fingerprint density at radius 3 is 2.91 bits per heavy atom. The van der Waals surface area contributed by atoms with Gasteiger partial charge in [-0.15, -0.1) is 0 Å². The van der Waals surface area contributed by atoms with Crippen LogP contribution in [0.3, 0.4) is 0 Å². The molecule has 0 saturated carbocycles. The molecule has 0 aliphatic heterocycles. The minimum atomic E-state index is -0.158. The number of carbonyl (C=O) groups is 1. The van der Waals surface area contributed by atoms with Crippen molar-refractivity contribution in [3.63, 3.8) is 0 Å². The first-order chi connectivity index (χ1) is 10.6. The summed E-state index contributed by atoms with van der Waals surface area (Å²) in [6.45, 7) is 3.98. The lowest BCUT2D eigenvalue weighted by Crippen LogP contribution is -2.23. The maximum atomic E-state index is 12.2. The maximum absolute atomic E-state index is 12.2. The van der Waals surface area contributed by atoms with Gasteiger partial charge < -0.3 is 9.73 Å². The standard InChI is InChI=1S/C16H16N4O2/c1-11-8-14(12(2)22-11)16(21)19-9-13-4-3-5-18-15(13)20-7-6-17-10-20/h3-8,10H,9H2,1-2H3,(H,19,21). The van der Waals surface area contributed by atoms with Crippen molar-refractivity contribution in [2.24, 2.45) is 0 Å². The summed E-state index contributed by atoms with van der Waals surface area (Å²) < 4.78 is 7.20. The second-order valence-electron chi connectivity index (χ2n) is 4.97. The summed E-state index contributed by atoms with van der Waals surface area (Å²) in [4.78, 5) is 20.6. The summed E-state index contributed by atoms with van der Waals surface area (Å²) in [5, 5.41) is 2.90. The third-order valence-electron chi connectivity index (χ3n) is 3.34. The number of nitrogens with zero attached hydrogens (tertiary/aromatic N) is 3. The van der Waals surface area contributed by atoms with Gasteiger partial charge in [-0.05, 0) is 26.0 Å². The van der Waals surface area contributed by atoms with Crippen molar-refractivity contribution < 1.29 is 9.21 Å². The second-order valence-corrected chi connectivity index (χ2v) is 4.97. The summed E-state index contributed by atoms with van der Waals surface area (Å²) in [5.41, 5.74) is 1.47. The quantitative estimate of drug-likeness (QED) is 0.802. The zero-order chi connectivity index (χ0) is 15.5. The number of pyridine rings is 1. The highest BCUT2D eigenvalue weighted by atomic mass is 16.3. The molecule has 6 nitrogen and oxygen atoms in total. The van der Waals surface area contributed by atoms with Crippen LogP contribution in [0.4, 0.5) is 0 Å². The highest BCUT2D eigenvalue weighted by Crippen LogP contribution is 2.15. The minimum absolute atomic E-state index is 0.158. The van der Waals surface area contributed by atoms with E-state index in [0.29, 0.717) is 17.9 Å². The molecule has 0 bridgehead atoms. The minimum Gasteiger partial charge on any atom is -0.466 e. The van der Waals surface area contributed by atoms with Gasteiger partial charge in [0, 0.05) is 30.7 Å². The van der Waals surface area contributed by atoms with Crippen molar-refractivity contribution in [3.05, 3.63) is 65.8 Å². The molecule has 22 heavy (non-hydrogen) atoms. The van der Waals surface area contributed by atoms with E-state index in [-0.39, 0.29) is 5.91 Å². The van der Waals surface area contributed by atoms with Gasteiger partial charge in [-0.1, -0.05) is 6.07 Å². The smallest absolute Gasteiger partial charge is 0.255 e. The van der Waals surface area contributed by atoms with E-state index in [1.54, 1.807) is 31.7 Å². The lowest BCUT2D eigenvalue weighted by molar-refractivity contribution is 0.0949. The van der Waals surface area contributed by atoms with Crippen molar-refractivity contribution in [2.75, 3.05) is 0 Å². The molecule has 1 amide bonds. The molecule has 0 aliphatic rings. The Balaban J connectivity index is 1.77. The SMILES string of the molecule is Cc1cc(C(=O)NCc2cccnc2-n2ccnc2)c(C)o1. The van der Waals surface area contributed by atoms with Crippen LogP contribution >= 0.6 is 0 Å². The van der Waals surface area contributed by atoms with E-state index in [1.165, 1.54) is 0 Å². The van der Waals surface area contributed by atoms with E-state index in [1.807, 2.05) is 29.8 Å². The lowest BCUT2D eigenvalue weighted by Gasteiger charge is -2.09. The average molecular weight is 296 g/mol. The molecular weight excluding hydrogens is 280 g/mol. The summed E-state index contributed by atoms with van der Waals surface area (Å²) in [7, 11) is 0. The predicted molar refractivity (Wildman–Crippen MR) is 80.7 cm³/mol. The van der Waals surface area contributed by atoms with Gasteiger partial charge in [0.2, 0.25) is 0 Å². The molecule has 3 heterocycles. The Labute approximate surface area is 127 Å². The van der Waals surface area contributed by atoms with Gasteiger partial charge >= 0.3 is 0 Å². The van der Waals surface area contributed by atoms with Gasteiger partial charge in [0.1, 0.15) is 23.7 Å². The molecule has 0 saturated heterocycles. The van der Waals surface area contributed by atoms with Crippen LogP contribution in [0.5, 0.6) is 0 Å². The number of hydrogen-bond acceptors (Lipinski definition) is 4. The third-order valence-corrected chi connectivity index (χ3v) is 3.34. The van der Waals surface area contributed by atoms with E-state index in [4.69, 9.17) is 4.42 Å². The summed E-state index contributed by atoms with van der Waals surface area (Å²) in [6.07, 6.45) is 6.90. The largest absolute Gasteiger partial charge is 0.466 e. The Kier molecular flexibility index (Phi) is 3.74. The molecule has 3 rings (SSSR count). The fourth-order valence-electron chi connectivity index (χ4n) is 2.31. The van der Waals surface area contributed by atoms with Crippen molar-refractivity contribution in [2.45, 2.75) is 20.4 Å². The van der Waals surface area contributed by atoms with Crippen molar-refractivity contribution in [1.82, 2.24) is 19.9 Å². The second kappa shape index (κ2) is 5.85. The molecule has 0 unspecified atom stereocenters. The van der Waals surface area contributed by atoms with E-state index in [9.17, 15) is 4.79 Å². The molecule has 0 spiro atoms. The Morgan fingerprint density at radius 2 is 2.23 bits per heavy atom. The van der Waals surface area contributed by atoms with Crippen LogP contribution < -0.4 is 5.32 Å². The van der Waals surface area contributed by atoms with Crippen LogP contribution in [-0.4, -0.2) is 20.4 Å². The summed E-state index contributed by atoms with van der Waals surface area (Å²) in [5.74, 6) is 1.94. The van der Waals surface area contributed by atoms with Crippen molar-refractivity contribution in [3.8, 4) is 5.82 Å². The van der Waals surface area contributed by atoms with Crippen LogP contribution in [0, 0.1) is 13.8 Å². The van der Waals surface area contributed by atoms with Crippen molar-refractivity contribution >= 4 is 5.91 Å². The number of rotatable bonds is 4. The first-order valence-corrected chi connectivity index (χ1v) is 6.92. The molecule has 0 radical (unpaired) electrons. The molecule has 3 aromatic rings. The molecule has 0 aromatic carbocycles. The molecule has 112 valence electrons. The molecule has 0 fully saturated rings. The molecular formula is C16H16N4O2. The lowest BCUT2D eigenvalue weighted by atomic mass is 10.2. The van der Waals surface area contributed by atoms with Gasteiger partial charge in [0.05, 0.1) is 5.56 Å². The van der Waals surface area contributed by atoms with Crippen LogP contribution in [0.2, 0.25) is 0 Å². The summed E-state index contributed by atoms with van der Waals surface area (Å²) >= 11 is 0. The Hall–Kier alpha value is -2.89. The van der Waals surface area contributed by atoms with E-state index in [0.717, 1.165) is 17.1 Å². The van der Waals surface area contributed by atoms with Gasteiger partial charge in [-0.3, -0.25) is 9.36 Å². The highest BCUT2D eigenvalue weighted by Gasteiger charge is 2.14. The van der Waals surface area contributed by atoms with E-state index < -0.39 is 0 Å². The maximum Gasteiger partial charge on any atom is 0.255 e. The monoisotopic (exact) mass is 296 g/mol. The molecule has 1 N–H and O–H groups in total. The van der Waals surface area contributed by atoms with Gasteiger partial charge in [-0.2, -0.15) is 0 Å². The topological polar surface area (TPSA) is 73.0 Å². The van der Waals surface area contributed by atoms with Gasteiger partial charge in [-0.25, -0.2) is 9.97 Å². The third kappa shape index (κ3) is 2.76. The Bertz CT molecular complexity index is 790. The highest BCUT2D eigenvalue weighted by molar-refractivity contribution is 5.95. The number of aryl methyl sites for hydroxylation is 2. The normalized spacial score (nSPS) is 10.6. The fraction of sp³-hybridized carbons (Fsp3) is 0.188. The number of carbonyl (C=O) groups excluding carboxylic acids is 1. The summed E-state index contributed by atoms with van der Waals surface area (Å²) in [6, 6.07) is 5.51.